The lowest BCUT2D eigenvalue weighted by molar-refractivity contribution is -0.152. The van der Waals surface area contributed by atoms with Crippen molar-refractivity contribution in [3.63, 3.8) is 0 Å². The minimum atomic E-state index is -0.821. The molecule has 1 atom stereocenters. The third-order valence-electron chi connectivity index (χ3n) is 3.36. The minimum Gasteiger partial charge on any atom is -0.481 e. The number of amides is 1. The van der Waals surface area contributed by atoms with E-state index in [9.17, 15) is 14.7 Å². The van der Waals surface area contributed by atoms with E-state index in [-0.39, 0.29) is 6.54 Å². The SMILES string of the molecule is CCC1(C(=O)O)CCCN(C(=O)OC(C)(C)C)C1. The monoisotopic (exact) mass is 257 g/mol. The van der Waals surface area contributed by atoms with Crippen molar-refractivity contribution < 1.29 is 19.4 Å². The Kier molecular flexibility index (Phi) is 4.24. The van der Waals surface area contributed by atoms with Gasteiger partial charge in [0, 0.05) is 13.1 Å². The predicted octanol–water partition coefficient (Wildman–Crippen LogP) is 2.50. The first kappa shape index (κ1) is 14.8. The van der Waals surface area contributed by atoms with Gasteiger partial charge in [-0.15, -0.1) is 0 Å². The predicted molar refractivity (Wildman–Crippen MR) is 67.4 cm³/mol. The standard InChI is InChI=1S/C13H23NO4/c1-5-13(10(15)16)7-6-8-14(9-13)11(17)18-12(2,3)4/h5-9H2,1-4H3,(H,15,16). The van der Waals surface area contributed by atoms with Crippen LogP contribution in [0.5, 0.6) is 0 Å². The van der Waals surface area contributed by atoms with Gasteiger partial charge in [-0.1, -0.05) is 6.92 Å². The molecule has 5 nitrogen and oxygen atoms in total. The topological polar surface area (TPSA) is 66.8 Å². The zero-order valence-corrected chi connectivity index (χ0v) is 11.7. The third-order valence-corrected chi connectivity index (χ3v) is 3.36. The highest BCUT2D eigenvalue weighted by Crippen LogP contribution is 2.34. The molecule has 0 radical (unpaired) electrons. The first-order chi connectivity index (χ1) is 8.20. The molecule has 1 aliphatic rings. The Hall–Kier alpha value is -1.26. The van der Waals surface area contributed by atoms with Gasteiger partial charge < -0.3 is 14.7 Å². The lowest BCUT2D eigenvalue weighted by Crippen LogP contribution is -2.50. The molecule has 1 rings (SSSR count). The summed E-state index contributed by atoms with van der Waals surface area (Å²) in [6.45, 7) is 8.09. The first-order valence-corrected chi connectivity index (χ1v) is 6.41. The molecule has 1 heterocycles. The van der Waals surface area contributed by atoms with Crippen molar-refractivity contribution in [3.8, 4) is 0 Å². The molecule has 1 aliphatic heterocycles. The summed E-state index contributed by atoms with van der Waals surface area (Å²) in [5.74, 6) is -0.821. The van der Waals surface area contributed by atoms with Gasteiger partial charge in [0.15, 0.2) is 0 Å². The molecule has 0 aliphatic carbocycles. The van der Waals surface area contributed by atoms with Gasteiger partial charge in [0.2, 0.25) is 0 Å². The highest BCUT2D eigenvalue weighted by Gasteiger charge is 2.42. The first-order valence-electron chi connectivity index (χ1n) is 6.41. The molecule has 1 amide bonds. The Morgan fingerprint density at radius 3 is 2.44 bits per heavy atom. The average molecular weight is 257 g/mol. The fourth-order valence-electron chi connectivity index (χ4n) is 2.23. The van der Waals surface area contributed by atoms with Gasteiger partial charge in [-0.2, -0.15) is 0 Å². The van der Waals surface area contributed by atoms with Gasteiger partial charge in [0.05, 0.1) is 5.41 Å². The quantitative estimate of drug-likeness (QED) is 0.825. The number of likely N-dealkylation sites (tertiary alicyclic amines) is 1. The van der Waals surface area contributed by atoms with Crippen molar-refractivity contribution in [1.82, 2.24) is 4.90 Å². The van der Waals surface area contributed by atoms with Crippen LogP contribution in [-0.4, -0.2) is 40.8 Å². The summed E-state index contributed by atoms with van der Waals surface area (Å²) in [5.41, 5.74) is -1.36. The highest BCUT2D eigenvalue weighted by atomic mass is 16.6. The summed E-state index contributed by atoms with van der Waals surface area (Å²) in [6, 6.07) is 0. The number of carbonyl (C=O) groups is 2. The Bertz CT molecular complexity index is 334. The van der Waals surface area contributed by atoms with Crippen molar-refractivity contribution >= 4 is 12.1 Å². The fourth-order valence-corrected chi connectivity index (χ4v) is 2.23. The van der Waals surface area contributed by atoms with Crippen molar-refractivity contribution in [2.24, 2.45) is 5.41 Å². The fraction of sp³-hybridized carbons (Fsp3) is 0.846. The second kappa shape index (κ2) is 5.16. The Morgan fingerprint density at radius 1 is 1.39 bits per heavy atom. The summed E-state index contributed by atoms with van der Waals surface area (Å²) in [4.78, 5) is 24.9. The number of hydrogen-bond acceptors (Lipinski definition) is 3. The number of piperidine rings is 1. The van der Waals surface area contributed by atoms with Crippen LogP contribution in [0.15, 0.2) is 0 Å². The average Bonchev–Trinajstić information content (AvgIpc) is 2.26. The smallest absolute Gasteiger partial charge is 0.410 e. The molecular weight excluding hydrogens is 234 g/mol. The molecule has 1 fully saturated rings. The molecule has 18 heavy (non-hydrogen) atoms. The van der Waals surface area contributed by atoms with E-state index in [4.69, 9.17) is 4.74 Å². The van der Waals surface area contributed by atoms with Gasteiger partial charge >= 0.3 is 12.1 Å². The van der Waals surface area contributed by atoms with E-state index in [0.717, 1.165) is 0 Å². The molecule has 0 saturated carbocycles. The Labute approximate surface area is 108 Å². The molecule has 0 bridgehead atoms. The van der Waals surface area contributed by atoms with Crippen LogP contribution in [0.4, 0.5) is 4.79 Å². The summed E-state index contributed by atoms with van der Waals surface area (Å²) < 4.78 is 5.29. The van der Waals surface area contributed by atoms with Gasteiger partial charge in [0.25, 0.3) is 0 Å². The summed E-state index contributed by atoms with van der Waals surface area (Å²) in [6.07, 6.45) is 1.44. The van der Waals surface area contributed by atoms with Crippen LogP contribution in [0.1, 0.15) is 47.0 Å². The molecule has 104 valence electrons. The van der Waals surface area contributed by atoms with E-state index in [1.54, 1.807) is 20.8 Å². The lowest BCUT2D eigenvalue weighted by Gasteiger charge is -2.39. The van der Waals surface area contributed by atoms with Crippen LogP contribution in [-0.2, 0) is 9.53 Å². The lowest BCUT2D eigenvalue weighted by atomic mass is 9.78. The van der Waals surface area contributed by atoms with Crippen LogP contribution < -0.4 is 0 Å². The van der Waals surface area contributed by atoms with Crippen molar-refractivity contribution in [2.45, 2.75) is 52.6 Å². The van der Waals surface area contributed by atoms with Gasteiger partial charge in [-0.3, -0.25) is 4.79 Å². The van der Waals surface area contributed by atoms with Crippen molar-refractivity contribution in [2.75, 3.05) is 13.1 Å². The molecule has 1 saturated heterocycles. The minimum absolute atomic E-state index is 0.244. The number of carboxylic acid groups (broad SMARTS) is 1. The Balaban J connectivity index is 2.75. The molecular formula is C13H23NO4. The number of nitrogens with zero attached hydrogens (tertiary/aromatic N) is 1. The van der Waals surface area contributed by atoms with E-state index >= 15 is 0 Å². The number of ether oxygens (including phenoxy) is 1. The molecule has 0 aromatic rings. The molecule has 1 unspecified atom stereocenters. The van der Waals surface area contributed by atoms with Crippen LogP contribution >= 0.6 is 0 Å². The summed E-state index contributed by atoms with van der Waals surface area (Å²) in [7, 11) is 0. The maximum Gasteiger partial charge on any atom is 0.410 e. The van der Waals surface area contributed by atoms with Crippen molar-refractivity contribution in [3.05, 3.63) is 0 Å². The van der Waals surface area contributed by atoms with Gasteiger partial charge in [0.1, 0.15) is 5.60 Å². The van der Waals surface area contributed by atoms with Crippen LogP contribution in [0.25, 0.3) is 0 Å². The molecule has 1 N–H and O–H groups in total. The zero-order chi connectivity index (χ0) is 14.0. The summed E-state index contributed by atoms with van der Waals surface area (Å²) in [5, 5.41) is 9.34. The van der Waals surface area contributed by atoms with E-state index in [2.05, 4.69) is 0 Å². The second-order valence-corrected chi connectivity index (χ2v) is 5.94. The van der Waals surface area contributed by atoms with E-state index in [0.29, 0.717) is 25.8 Å². The van der Waals surface area contributed by atoms with Gasteiger partial charge in [-0.25, -0.2) is 4.79 Å². The largest absolute Gasteiger partial charge is 0.481 e. The van der Waals surface area contributed by atoms with Crippen LogP contribution in [0.3, 0.4) is 0 Å². The van der Waals surface area contributed by atoms with Crippen LogP contribution in [0, 0.1) is 5.41 Å². The number of carboxylic acids is 1. The zero-order valence-electron chi connectivity index (χ0n) is 11.7. The summed E-state index contributed by atoms with van der Waals surface area (Å²) >= 11 is 0. The maximum absolute atomic E-state index is 12.0. The molecule has 0 aromatic heterocycles. The third kappa shape index (κ3) is 3.37. The van der Waals surface area contributed by atoms with E-state index in [1.807, 2.05) is 6.92 Å². The molecule has 0 spiro atoms. The maximum atomic E-state index is 12.0. The number of hydrogen-bond donors (Lipinski definition) is 1. The van der Waals surface area contributed by atoms with E-state index < -0.39 is 23.1 Å². The second-order valence-electron chi connectivity index (χ2n) is 5.94. The normalized spacial score (nSPS) is 24.8. The Morgan fingerprint density at radius 2 is 2.00 bits per heavy atom. The number of rotatable bonds is 2. The molecule has 0 aromatic carbocycles. The van der Waals surface area contributed by atoms with Gasteiger partial charge in [-0.05, 0) is 40.0 Å². The highest BCUT2D eigenvalue weighted by molar-refractivity contribution is 5.77. The number of carbonyl (C=O) groups excluding carboxylic acids is 1. The van der Waals surface area contributed by atoms with E-state index in [1.165, 1.54) is 4.90 Å². The number of aliphatic carboxylic acids is 1. The van der Waals surface area contributed by atoms with Crippen molar-refractivity contribution in [1.29, 1.82) is 0 Å². The van der Waals surface area contributed by atoms with Crippen LogP contribution in [0.2, 0.25) is 0 Å². The molecule has 5 heteroatoms.